The molecule has 2 fully saturated rings. The van der Waals surface area contributed by atoms with Crippen LogP contribution < -0.4 is 10.2 Å². The molecule has 21 heavy (non-hydrogen) atoms. The minimum atomic E-state index is 0.0935. The van der Waals surface area contributed by atoms with Gasteiger partial charge in [-0.25, -0.2) is 0 Å². The molecule has 0 aliphatic carbocycles. The van der Waals surface area contributed by atoms with Crippen molar-refractivity contribution in [1.29, 1.82) is 0 Å². The van der Waals surface area contributed by atoms with Crippen LogP contribution in [-0.4, -0.2) is 31.6 Å². The van der Waals surface area contributed by atoms with E-state index in [0.717, 1.165) is 23.7 Å². The molecular weight excluding hydrogens is 260 g/mol. The van der Waals surface area contributed by atoms with E-state index in [1.54, 1.807) is 4.90 Å². The molecule has 3 atom stereocenters. The van der Waals surface area contributed by atoms with E-state index in [-0.39, 0.29) is 5.91 Å². The zero-order valence-electron chi connectivity index (χ0n) is 13.0. The Kier molecular flexibility index (Phi) is 4.59. The summed E-state index contributed by atoms with van der Waals surface area (Å²) < 4.78 is 0. The minimum Gasteiger partial charge on any atom is -0.352 e. The number of hydrogen-bond acceptors (Lipinski definition) is 1. The first-order valence-electron chi connectivity index (χ1n) is 8.44. The molecule has 2 heterocycles. The molecule has 114 valence electrons. The number of amides is 1. The average Bonchev–Trinajstić information content (AvgIpc) is 2.53. The molecule has 2 N–H and O–H groups in total. The number of carbonyl (C=O) groups excluding carboxylic acids is 1. The molecule has 1 aromatic rings. The lowest BCUT2D eigenvalue weighted by molar-refractivity contribution is -0.939. The van der Waals surface area contributed by atoms with Gasteiger partial charge in [-0.15, -0.1) is 0 Å². The molecule has 0 aromatic heterocycles. The van der Waals surface area contributed by atoms with Crippen molar-refractivity contribution in [1.82, 2.24) is 5.32 Å². The van der Waals surface area contributed by atoms with E-state index in [1.807, 2.05) is 31.2 Å². The van der Waals surface area contributed by atoms with Crippen molar-refractivity contribution >= 4 is 5.91 Å². The van der Waals surface area contributed by atoms with Crippen molar-refractivity contribution in [2.24, 2.45) is 5.92 Å². The summed E-state index contributed by atoms with van der Waals surface area (Å²) in [5, 5.41) is 3.19. The van der Waals surface area contributed by atoms with E-state index in [9.17, 15) is 4.79 Å². The Morgan fingerprint density at radius 2 is 2.00 bits per heavy atom. The molecule has 0 radical (unpaired) electrons. The van der Waals surface area contributed by atoms with Gasteiger partial charge in [0, 0.05) is 18.0 Å². The van der Waals surface area contributed by atoms with Gasteiger partial charge in [0.2, 0.25) is 0 Å². The second-order valence-corrected chi connectivity index (χ2v) is 6.69. The molecular formula is C18H27N2O+. The van der Waals surface area contributed by atoms with Crippen molar-refractivity contribution in [3.05, 3.63) is 35.4 Å². The van der Waals surface area contributed by atoms with Gasteiger partial charge in [0.1, 0.15) is 0 Å². The fourth-order valence-electron chi connectivity index (χ4n) is 4.17. The van der Waals surface area contributed by atoms with E-state index in [1.165, 1.54) is 45.2 Å². The molecule has 3 heteroatoms. The maximum atomic E-state index is 12.4. The molecule has 2 aliphatic heterocycles. The summed E-state index contributed by atoms with van der Waals surface area (Å²) in [6.45, 7) is 5.53. The maximum absolute atomic E-state index is 12.4. The van der Waals surface area contributed by atoms with Crippen LogP contribution in [0.5, 0.6) is 0 Å². The van der Waals surface area contributed by atoms with Crippen molar-refractivity contribution < 1.29 is 9.69 Å². The number of rotatable bonds is 3. The summed E-state index contributed by atoms with van der Waals surface area (Å²) in [4.78, 5) is 14.1. The Bertz CT molecular complexity index is 498. The molecule has 1 aromatic carbocycles. The summed E-state index contributed by atoms with van der Waals surface area (Å²) in [6, 6.07) is 8.63. The number of benzene rings is 1. The predicted octanol–water partition coefficient (Wildman–Crippen LogP) is 1.57. The minimum absolute atomic E-state index is 0.0935. The zero-order valence-corrected chi connectivity index (χ0v) is 13.0. The van der Waals surface area contributed by atoms with Crippen molar-refractivity contribution in [3.63, 3.8) is 0 Å². The highest BCUT2D eigenvalue weighted by Gasteiger charge is 2.36. The van der Waals surface area contributed by atoms with Crippen LogP contribution in [0.15, 0.2) is 24.3 Å². The lowest BCUT2D eigenvalue weighted by atomic mass is 9.83. The number of aryl methyl sites for hydroxylation is 1. The van der Waals surface area contributed by atoms with E-state index in [2.05, 4.69) is 5.32 Å². The second kappa shape index (κ2) is 6.61. The highest BCUT2D eigenvalue weighted by molar-refractivity contribution is 5.95. The van der Waals surface area contributed by atoms with Crippen LogP contribution in [0.3, 0.4) is 0 Å². The molecule has 1 unspecified atom stereocenters. The standard InChI is InChI=1S/C18H26N2O/c1-14-7-2-3-9-16(14)18(21)19-13-15-8-6-12-20-11-5-4-10-17(15)20/h2-3,7,9,15,17H,4-6,8,10-13H2,1H3,(H,19,21)/p+1/t15-,17-/m1/s1. The Morgan fingerprint density at radius 3 is 2.86 bits per heavy atom. The number of fused-ring (bicyclic) bond motifs is 1. The maximum Gasteiger partial charge on any atom is 0.251 e. The van der Waals surface area contributed by atoms with Crippen LogP contribution in [0.25, 0.3) is 0 Å². The summed E-state index contributed by atoms with van der Waals surface area (Å²) in [5.41, 5.74) is 1.88. The quantitative estimate of drug-likeness (QED) is 0.869. The third kappa shape index (κ3) is 3.29. The van der Waals surface area contributed by atoms with Gasteiger partial charge in [0.05, 0.1) is 19.1 Å². The third-order valence-corrected chi connectivity index (χ3v) is 5.34. The van der Waals surface area contributed by atoms with E-state index < -0.39 is 0 Å². The number of nitrogens with one attached hydrogen (secondary N) is 2. The van der Waals surface area contributed by atoms with Crippen molar-refractivity contribution in [2.75, 3.05) is 19.6 Å². The summed E-state index contributed by atoms with van der Waals surface area (Å²) in [5.74, 6) is 0.762. The molecule has 0 bridgehead atoms. The van der Waals surface area contributed by atoms with Crippen LogP contribution in [0.1, 0.15) is 48.0 Å². The lowest BCUT2D eigenvalue weighted by Crippen LogP contribution is -3.18. The smallest absolute Gasteiger partial charge is 0.251 e. The van der Waals surface area contributed by atoms with Crippen LogP contribution in [-0.2, 0) is 0 Å². The number of piperidine rings is 2. The zero-order chi connectivity index (χ0) is 14.7. The highest BCUT2D eigenvalue weighted by atomic mass is 16.1. The number of quaternary nitrogens is 1. The van der Waals surface area contributed by atoms with E-state index >= 15 is 0 Å². The average molecular weight is 287 g/mol. The largest absolute Gasteiger partial charge is 0.352 e. The van der Waals surface area contributed by atoms with Crippen LogP contribution in [0, 0.1) is 12.8 Å². The first-order valence-corrected chi connectivity index (χ1v) is 8.44. The van der Waals surface area contributed by atoms with Gasteiger partial charge in [-0.3, -0.25) is 4.79 Å². The Hall–Kier alpha value is -1.35. The van der Waals surface area contributed by atoms with E-state index in [0.29, 0.717) is 5.92 Å². The summed E-state index contributed by atoms with van der Waals surface area (Å²) in [7, 11) is 0. The van der Waals surface area contributed by atoms with E-state index in [4.69, 9.17) is 0 Å². The van der Waals surface area contributed by atoms with Gasteiger partial charge in [0.25, 0.3) is 5.91 Å². The van der Waals surface area contributed by atoms with Gasteiger partial charge in [0.15, 0.2) is 0 Å². The monoisotopic (exact) mass is 287 g/mol. The van der Waals surface area contributed by atoms with Crippen molar-refractivity contribution in [2.45, 2.75) is 45.1 Å². The summed E-state index contributed by atoms with van der Waals surface area (Å²) >= 11 is 0. The van der Waals surface area contributed by atoms with Gasteiger partial charge in [-0.1, -0.05) is 18.2 Å². The third-order valence-electron chi connectivity index (χ3n) is 5.34. The second-order valence-electron chi connectivity index (χ2n) is 6.69. The normalized spacial score (nSPS) is 28.7. The molecule has 0 saturated carbocycles. The molecule has 3 rings (SSSR count). The first-order chi connectivity index (χ1) is 10.3. The molecule has 2 aliphatic rings. The number of carbonyl (C=O) groups is 1. The number of hydrogen-bond donors (Lipinski definition) is 2. The first kappa shape index (κ1) is 14.6. The van der Waals surface area contributed by atoms with Crippen LogP contribution >= 0.6 is 0 Å². The topological polar surface area (TPSA) is 33.5 Å². The SMILES string of the molecule is Cc1ccccc1C(=O)NC[C@H]1CCC[NH+]2CCCC[C@H]12. The highest BCUT2D eigenvalue weighted by Crippen LogP contribution is 2.20. The molecule has 3 nitrogen and oxygen atoms in total. The fourth-order valence-corrected chi connectivity index (χ4v) is 4.17. The fraction of sp³-hybridized carbons (Fsp3) is 0.611. The van der Waals surface area contributed by atoms with Gasteiger partial charge in [-0.05, 0) is 50.7 Å². The van der Waals surface area contributed by atoms with Gasteiger partial charge in [-0.2, -0.15) is 0 Å². The van der Waals surface area contributed by atoms with Crippen LogP contribution in [0.2, 0.25) is 0 Å². The molecule has 0 spiro atoms. The summed E-state index contributed by atoms with van der Waals surface area (Å²) in [6.07, 6.45) is 6.70. The van der Waals surface area contributed by atoms with Gasteiger partial charge >= 0.3 is 0 Å². The van der Waals surface area contributed by atoms with Gasteiger partial charge < -0.3 is 10.2 Å². The Morgan fingerprint density at radius 1 is 1.19 bits per heavy atom. The Balaban J connectivity index is 1.59. The Labute approximate surface area is 127 Å². The molecule has 2 saturated heterocycles. The predicted molar refractivity (Wildman–Crippen MR) is 84.6 cm³/mol. The lowest BCUT2D eigenvalue weighted by Gasteiger charge is -2.41. The van der Waals surface area contributed by atoms with Crippen molar-refractivity contribution in [3.8, 4) is 0 Å². The molecule has 1 amide bonds. The van der Waals surface area contributed by atoms with Crippen LogP contribution in [0.4, 0.5) is 0 Å².